The second kappa shape index (κ2) is 4.41. The number of anilines is 2. The largest absolute Gasteiger partial charge is 0.364 e. The van der Waals surface area contributed by atoms with Gasteiger partial charge in [0.2, 0.25) is 0 Å². The van der Waals surface area contributed by atoms with Gasteiger partial charge in [-0.05, 0) is 18.2 Å². The van der Waals surface area contributed by atoms with Crippen LogP contribution >= 0.6 is 0 Å². The lowest BCUT2D eigenvalue weighted by Gasteiger charge is -2.05. The number of rotatable bonds is 3. The van der Waals surface area contributed by atoms with Gasteiger partial charge >= 0.3 is 0 Å². The Kier molecular flexibility index (Phi) is 2.60. The highest BCUT2D eigenvalue weighted by atomic mass is 16.1. The van der Waals surface area contributed by atoms with Crippen LogP contribution in [-0.2, 0) is 0 Å². The smallest absolute Gasteiger partial charge is 0.269 e. The summed E-state index contributed by atoms with van der Waals surface area (Å²) in [5.41, 5.74) is 6.33. The molecule has 2 aromatic heterocycles. The van der Waals surface area contributed by atoms with E-state index in [9.17, 15) is 4.79 Å². The molecule has 6 heteroatoms. The number of carbonyl (C=O) groups excluding carboxylic acids is 1. The van der Waals surface area contributed by atoms with Crippen molar-refractivity contribution in [3.05, 3.63) is 48.4 Å². The van der Waals surface area contributed by atoms with Crippen molar-refractivity contribution in [2.45, 2.75) is 0 Å². The maximum absolute atomic E-state index is 11.2. The Bertz CT molecular complexity index is 749. The van der Waals surface area contributed by atoms with Crippen molar-refractivity contribution in [3.63, 3.8) is 0 Å². The van der Waals surface area contributed by atoms with Crippen molar-refractivity contribution in [2.75, 3.05) is 5.32 Å². The van der Waals surface area contributed by atoms with Gasteiger partial charge in [0.25, 0.3) is 5.91 Å². The number of hydrogen-bond donors (Lipinski definition) is 3. The minimum absolute atomic E-state index is 0.231. The van der Waals surface area contributed by atoms with E-state index in [4.69, 9.17) is 5.73 Å². The van der Waals surface area contributed by atoms with E-state index < -0.39 is 5.91 Å². The molecule has 0 saturated heterocycles. The van der Waals surface area contributed by atoms with E-state index in [1.807, 2.05) is 36.4 Å². The summed E-state index contributed by atoms with van der Waals surface area (Å²) in [6.07, 6.45) is 1.41. The van der Waals surface area contributed by atoms with Crippen molar-refractivity contribution >= 4 is 28.4 Å². The van der Waals surface area contributed by atoms with Gasteiger partial charge < -0.3 is 16.0 Å². The minimum atomic E-state index is -0.569. The molecule has 1 aromatic carbocycles. The van der Waals surface area contributed by atoms with E-state index in [-0.39, 0.29) is 5.69 Å². The molecule has 3 rings (SSSR count). The molecule has 0 saturated carbocycles. The van der Waals surface area contributed by atoms with Crippen molar-refractivity contribution in [1.82, 2.24) is 15.0 Å². The van der Waals surface area contributed by atoms with Gasteiger partial charge in [0.1, 0.15) is 11.5 Å². The Morgan fingerprint density at radius 2 is 2.05 bits per heavy atom. The van der Waals surface area contributed by atoms with Crippen LogP contribution in [0.15, 0.2) is 42.7 Å². The molecule has 0 spiro atoms. The number of pyridine rings is 1. The van der Waals surface area contributed by atoms with Crippen molar-refractivity contribution in [2.24, 2.45) is 5.73 Å². The molecule has 0 aliphatic carbocycles. The maximum atomic E-state index is 11.2. The summed E-state index contributed by atoms with van der Waals surface area (Å²) in [7, 11) is 0. The Labute approximate surface area is 108 Å². The molecule has 0 aliphatic heterocycles. The van der Waals surface area contributed by atoms with Crippen molar-refractivity contribution in [3.8, 4) is 0 Å². The monoisotopic (exact) mass is 253 g/mol. The molecular formula is C13H11N5O. The average Bonchev–Trinajstić information content (AvgIpc) is 2.87. The summed E-state index contributed by atoms with van der Waals surface area (Å²) >= 11 is 0. The van der Waals surface area contributed by atoms with Crippen LogP contribution in [0.3, 0.4) is 0 Å². The first kappa shape index (κ1) is 11.2. The molecule has 6 nitrogen and oxygen atoms in total. The molecule has 1 amide bonds. The molecule has 0 atom stereocenters. The van der Waals surface area contributed by atoms with Gasteiger partial charge in [-0.25, -0.2) is 9.97 Å². The van der Waals surface area contributed by atoms with Crippen LogP contribution in [0, 0.1) is 0 Å². The minimum Gasteiger partial charge on any atom is -0.364 e. The summed E-state index contributed by atoms with van der Waals surface area (Å²) in [6, 6.07) is 11.5. The Morgan fingerprint density at radius 1 is 1.21 bits per heavy atom. The molecule has 0 aliphatic rings. The number of benzene rings is 1. The first-order chi connectivity index (χ1) is 9.24. The second-order valence-electron chi connectivity index (χ2n) is 4.00. The number of aromatic amines is 1. The second-order valence-corrected chi connectivity index (χ2v) is 4.00. The number of nitrogens with two attached hydrogens (primary N) is 1. The molecule has 0 fully saturated rings. The number of hydrogen-bond acceptors (Lipinski definition) is 4. The predicted octanol–water partition coefficient (Wildman–Crippen LogP) is 1.80. The summed E-state index contributed by atoms with van der Waals surface area (Å²) in [5, 5.41) is 4.02. The Morgan fingerprint density at radius 3 is 2.89 bits per heavy atom. The zero-order valence-corrected chi connectivity index (χ0v) is 9.92. The number of amides is 1. The lowest BCUT2D eigenvalue weighted by Crippen LogP contribution is -2.13. The van der Waals surface area contributed by atoms with Gasteiger partial charge in [-0.15, -0.1) is 0 Å². The van der Waals surface area contributed by atoms with E-state index in [0.717, 1.165) is 10.9 Å². The number of nitrogens with zero attached hydrogens (tertiary/aromatic N) is 2. The van der Waals surface area contributed by atoms with E-state index in [1.54, 1.807) is 0 Å². The number of nitrogens with one attached hydrogen (secondary N) is 2. The highest BCUT2D eigenvalue weighted by Crippen LogP contribution is 2.19. The summed E-state index contributed by atoms with van der Waals surface area (Å²) in [4.78, 5) is 22.3. The molecule has 2 heterocycles. The summed E-state index contributed by atoms with van der Waals surface area (Å²) in [5.74, 6) is 0.407. The number of aromatic nitrogens is 3. The van der Waals surface area contributed by atoms with Gasteiger partial charge in [-0.1, -0.05) is 18.2 Å². The SMILES string of the molecule is NC(=O)c1[nH]cnc1Nc1ccc2ccccc2n1. The normalized spacial score (nSPS) is 10.5. The highest BCUT2D eigenvalue weighted by molar-refractivity contribution is 5.96. The van der Waals surface area contributed by atoms with Crippen molar-refractivity contribution < 1.29 is 4.79 Å². The molecule has 94 valence electrons. The number of fused-ring (bicyclic) bond motifs is 1. The predicted molar refractivity (Wildman–Crippen MR) is 72.1 cm³/mol. The van der Waals surface area contributed by atoms with Crippen LogP contribution in [0.4, 0.5) is 11.6 Å². The molecule has 0 unspecified atom stereocenters. The molecule has 0 bridgehead atoms. The fourth-order valence-corrected chi connectivity index (χ4v) is 1.83. The van der Waals surface area contributed by atoms with Crippen LogP contribution in [0.5, 0.6) is 0 Å². The molecule has 0 radical (unpaired) electrons. The lowest BCUT2D eigenvalue weighted by molar-refractivity contribution is 0.0997. The standard InChI is InChI=1S/C13H11N5O/c14-12(19)11-13(16-7-15-11)18-10-6-5-8-3-1-2-4-9(8)17-10/h1-7H,(H2,14,19)(H,15,16)(H,17,18). The van der Waals surface area contributed by atoms with E-state index in [2.05, 4.69) is 20.3 Å². The van der Waals surface area contributed by atoms with Crippen molar-refractivity contribution in [1.29, 1.82) is 0 Å². The van der Waals surface area contributed by atoms with Crippen LogP contribution in [0.1, 0.15) is 10.5 Å². The number of para-hydroxylation sites is 1. The fraction of sp³-hybridized carbons (Fsp3) is 0. The first-order valence-electron chi connectivity index (χ1n) is 5.70. The molecule has 4 N–H and O–H groups in total. The highest BCUT2D eigenvalue weighted by Gasteiger charge is 2.11. The third-order valence-corrected chi connectivity index (χ3v) is 2.73. The molecule has 19 heavy (non-hydrogen) atoms. The van der Waals surface area contributed by atoms with Crippen LogP contribution in [0.25, 0.3) is 10.9 Å². The third kappa shape index (κ3) is 2.11. The maximum Gasteiger partial charge on any atom is 0.269 e. The average molecular weight is 253 g/mol. The first-order valence-corrected chi connectivity index (χ1v) is 5.70. The molecule has 3 aromatic rings. The zero-order chi connectivity index (χ0) is 13.2. The van der Waals surface area contributed by atoms with E-state index >= 15 is 0 Å². The summed E-state index contributed by atoms with van der Waals surface area (Å²) < 4.78 is 0. The number of carbonyl (C=O) groups is 1. The third-order valence-electron chi connectivity index (χ3n) is 2.73. The van der Waals surface area contributed by atoms with Gasteiger partial charge in [-0.3, -0.25) is 4.79 Å². The topological polar surface area (TPSA) is 96.7 Å². The van der Waals surface area contributed by atoms with E-state index in [0.29, 0.717) is 11.6 Å². The number of primary amides is 1. The fourth-order valence-electron chi connectivity index (χ4n) is 1.83. The van der Waals surface area contributed by atoms with Gasteiger partial charge in [-0.2, -0.15) is 0 Å². The molecular weight excluding hydrogens is 242 g/mol. The quantitative estimate of drug-likeness (QED) is 0.663. The number of H-pyrrole nitrogens is 1. The Balaban J connectivity index is 1.97. The van der Waals surface area contributed by atoms with Gasteiger partial charge in [0, 0.05) is 5.39 Å². The van der Waals surface area contributed by atoms with E-state index in [1.165, 1.54) is 6.33 Å². The van der Waals surface area contributed by atoms with Crippen LogP contribution < -0.4 is 11.1 Å². The zero-order valence-electron chi connectivity index (χ0n) is 9.92. The van der Waals surface area contributed by atoms with Gasteiger partial charge in [0.15, 0.2) is 5.82 Å². The van der Waals surface area contributed by atoms with Crippen LogP contribution in [0.2, 0.25) is 0 Å². The number of imidazole rings is 1. The summed E-state index contributed by atoms with van der Waals surface area (Å²) in [6.45, 7) is 0. The lowest BCUT2D eigenvalue weighted by atomic mass is 10.2. The Hall–Kier alpha value is -2.89. The van der Waals surface area contributed by atoms with Crippen LogP contribution in [-0.4, -0.2) is 20.9 Å². The van der Waals surface area contributed by atoms with Gasteiger partial charge in [0.05, 0.1) is 11.8 Å².